The van der Waals surface area contributed by atoms with Crippen LogP contribution in [0.1, 0.15) is 17.3 Å². The maximum Gasteiger partial charge on any atom is 0.309 e. The summed E-state index contributed by atoms with van der Waals surface area (Å²) >= 11 is 0. The lowest BCUT2D eigenvalue weighted by molar-refractivity contribution is -0.132. The van der Waals surface area contributed by atoms with Crippen LogP contribution in [0.15, 0.2) is 91.0 Å². The highest BCUT2D eigenvalue weighted by Crippen LogP contribution is 2.43. The molecule has 0 radical (unpaired) electrons. The van der Waals surface area contributed by atoms with Gasteiger partial charge in [0.25, 0.3) is 5.91 Å². The van der Waals surface area contributed by atoms with Crippen LogP contribution in [-0.2, 0) is 4.79 Å². The molecule has 4 aromatic carbocycles. The topological polar surface area (TPSA) is 101 Å². The number of hydrogen-bond donors (Lipinski definition) is 1. The Morgan fingerprint density at radius 3 is 2.02 bits per heavy atom. The van der Waals surface area contributed by atoms with Crippen LogP contribution in [0.5, 0.6) is 23.1 Å². The van der Waals surface area contributed by atoms with Gasteiger partial charge in [0, 0.05) is 29.8 Å². The number of carbonyl (C=O) groups excluding carboxylic acids is 2. The zero-order chi connectivity index (χ0) is 30.5. The summed E-state index contributed by atoms with van der Waals surface area (Å²) in [5.41, 5.74) is 3.65. The minimum atomic E-state index is -0.568. The van der Waals surface area contributed by atoms with Crippen molar-refractivity contribution in [1.82, 2.24) is 9.78 Å². The molecule has 1 amide bonds. The van der Waals surface area contributed by atoms with Gasteiger partial charge in [0.2, 0.25) is 5.88 Å². The van der Waals surface area contributed by atoms with Crippen LogP contribution in [0, 0.1) is 5.82 Å². The number of benzene rings is 4. The van der Waals surface area contributed by atoms with Crippen molar-refractivity contribution in [2.75, 3.05) is 26.6 Å². The Hall–Kier alpha value is -5.64. The fourth-order valence-corrected chi connectivity index (χ4v) is 4.48. The molecule has 0 fully saturated rings. The van der Waals surface area contributed by atoms with Gasteiger partial charge < -0.3 is 24.3 Å². The van der Waals surface area contributed by atoms with Crippen molar-refractivity contribution in [3.8, 4) is 51.2 Å². The molecule has 0 atom stereocenters. The maximum atomic E-state index is 13.8. The molecule has 0 aliphatic heterocycles. The molecular weight excluding hydrogens is 553 g/mol. The Bertz CT molecular complexity index is 1760. The molecule has 1 aromatic heterocycles. The van der Waals surface area contributed by atoms with E-state index in [1.54, 1.807) is 80.9 Å². The SMILES string of the molecule is COc1cccc(C(=O)Nc2ccc(-c3c(-c4cc(OC)cc(OC)c4)nn(-c4ccc(F)cc4)c3OC(C)=O)cc2)c1. The van der Waals surface area contributed by atoms with Crippen LogP contribution >= 0.6 is 0 Å². The second kappa shape index (κ2) is 12.5. The van der Waals surface area contributed by atoms with E-state index >= 15 is 0 Å². The summed E-state index contributed by atoms with van der Waals surface area (Å²) in [5, 5.41) is 7.69. The molecule has 1 heterocycles. The number of ether oxygens (including phenoxy) is 4. The van der Waals surface area contributed by atoms with Crippen LogP contribution in [-0.4, -0.2) is 43.0 Å². The van der Waals surface area contributed by atoms with E-state index < -0.39 is 11.8 Å². The Kier molecular flexibility index (Phi) is 8.38. The third-order valence-corrected chi connectivity index (χ3v) is 6.54. The van der Waals surface area contributed by atoms with Gasteiger partial charge in [-0.05, 0) is 72.3 Å². The lowest BCUT2D eigenvalue weighted by Crippen LogP contribution is -2.11. The summed E-state index contributed by atoms with van der Waals surface area (Å²) in [7, 11) is 4.62. The van der Waals surface area contributed by atoms with E-state index in [1.165, 1.54) is 43.0 Å². The predicted molar refractivity (Wildman–Crippen MR) is 160 cm³/mol. The van der Waals surface area contributed by atoms with E-state index in [0.717, 1.165) is 0 Å². The first-order valence-electron chi connectivity index (χ1n) is 13.2. The molecule has 5 rings (SSSR count). The molecule has 0 saturated heterocycles. The van der Waals surface area contributed by atoms with Gasteiger partial charge in [-0.15, -0.1) is 0 Å². The summed E-state index contributed by atoms with van der Waals surface area (Å²) in [6, 6.07) is 24.8. The number of rotatable bonds is 9. The maximum absolute atomic E-state index is 13.8. The van der Waals surface area contributed by atoms with E-state index in [-0.39, 0.29) is 11.8 Å². The van der Waals surface area contributed by atoms with Crippen molar-refractivity contribution >= 4 is 17.6 Å². The highest BCUT2D eigenvalue weighted by Gasteiger charge is 2.25. The predicted octanol–water partition coefficient (Wildman–Crippen LogP) is 6.55. The molecule has 5 aromatic rings. The van der Waals surface area contributed by atoms with Crippen LogP contribution < -0.4 is 24.3 Å². The molecule has 0 aliphatic rings. The zero-order valence-corrected chi connectivity index (χ0v) is 23.9. The third kappa shape index (κ3) is 6.33. The Morgan fingerprint density at radius 1 is 0.767 bits per heavy atom. The number of anilines is 1. The summed E-state index contributed by atoms with van der Waals surface area (Å²) < 4.78 is 37.1. The highest BCUT2D eigenvalue weighted by molar-refractivity contribution is 6.04. The van der Waals surface area contributed by atoms with Crippen LogP contribution in [0.2, 0.25) is 0 Å². The smallest absolute Gasteiger partial charge is 0.309 e. The number of esters is 1. The molecule has 0 saturated carbocycles. The van der Waals surface area contributed by atoms with Crippen LogP contribution in [0.4, 0.5) is 10.1 Å². The largest absolute Gasteiger partial charge is 0.497 e. The summed E-state index contributed by atoms with van der Waals surface area (Å²) in [4.78, 5) is 25.2. The van der Waals surface area contributed by atoms with E-state index in [2.05, 4.69) is 5.32 Å². The van der Waals surface area contributed by atoms with Gasteiger partial charge in [0.15, 0.2) is 0 Å². The molecule has 218 valence electrons. The fraction of sp³-hybridized carbons (Fsp3) is 0.121. The molecule has 10 heteroatoms. The molecule has 43 heavy (non-hydrogen) atoms. The monoisotopic (exact) mass is 581 g/mol. The zero-order valence-electron chi connectivity index (χ0n) is 23.9. The van der Waals surface area contributed by atoms with Crippen molar-refractivity contribution in [3.05, 3.63) is 102 Å². The van der Waals surface area contributed by atoms with Crippen molar-refractivity contribution in [2.45, 2.75) is 6.92 Å². The minimum Gasteiger partial charge on any atom is -0.497 e. The van der Waals surface area contributed by atoms with E-state index in [0.29, 0.717) is 56.6 Å². The number of nitrogens with one attached hydrogen (secondary N) is 1. The first-order valence-corrected chi connectivity index (χ1v) is 13.2. The summed E-state index contributed by atoms with van der Waals surface area (Å²) in [6.45, 7) is 1.29. The standard InChI is InChI=1S/C33H28FN3O6/c1-20(38)43-33-30(21-8-12-25(13-9-21)35-32(39)22-6-5-7-27(16-22)40-2)31(23-17-28(41-3)19-29(18-23)42-4)36-37(33)26-14-10-24(34)11-15-26/h5-19H,1-4H3,(H,35,39). The number of aromatic nitrogens is 2. The quantitative estimate of drug-likeness (QED) is 0.197. The second-order valence-corrected chi connectivity index (χ2v) is 9.38. The van der Waals surface area contributed by atoms with E-state index in [9.17, 15) is 14.0 Å². The second-order valence-electron chi connectivity index (χ2n) is 9.38. The minimum absolute atomic E-state index is 0.129. The molecule has 0 unspecified atom stereocenters. The van der Waals surface area contributed by atoms with Crippen molar-refractivity contribution in [2.24, 2.45) is 0 Å². The van der Waals surface area contributed by atoms with Gasteiger partial charge in [-0.3, -0.25) is 9.59 Å². The third-order valence-electron chi connectivity index (χ3n) is 6.54. The van der Waals surface area contributed by atoms with Gasteiger partial charge in [0.05, 0.1) is 32.6 Å². The molecule has 1 N–H and O–H groups in total. The fourth-order valence-electron chi connectivity index (χ4n) is 4.48. The average Bonchev–Trinajstić information content (AvgIpc) is 3.39. The average molecular weight is 582 g/mol. The van der Waals surface area contributed by atoms with E-state index in [4.69, 9.17) is 24.0 Å². The molecular formula is C33H28FN3O6. The number of amides is 1. The highest BCUT2D eigenvalue weighted by atomic mass is 19.1. The van der Waals surface area contributed by atoms with Gasteiger partial charge in [-0.25, -0.2) is 4.39 Å². The molecule has 0 aliphatic carbocycles. The number of hydrogen-bond acceptors (Lipinski definition) is 7. The summed E-state index contributed by atoms with van der Waals surface area (Å²) in [5.74, 6) is 0.462. The Balaban J connectivity index is 1.63. The first-order chi connectivity index (χ1) is 20.8. The van der Waals surface area contributed by atoms with Crippen molar-refractivity contribution < 1.29 is 32.9 Å². The molecule has 0 bridgehead atoms. The van der Waals surface area contributed by atoms with Gasteiger partial charge in [-0.2, -0.15) is 9.78 Å². The van der Waals surface area contributed by atoms with Crippen molar-refractivity contribution in [3.63, 3.8) is 0 Å². The van der Waals surface area contributed by atoms with Gasteiger partial charge in [0.1, 0.15) is 28.8 Å². The number of carbonyl (C=O) groups is 2. The molecule has 9 nitrogen and oxygen atoms in total. The van der Waals surface area contributed by atoms with Crippen LogP contribution in [0.3, 0.4) is 0 Å². The first kappa shape index (κ1) is 28.9. The van der Waals surface area contributed by atoms with E-state index in [1.807, 2.05) is 0 Å². The lowest BCUT2D eigenvalue weighted by Gasteiger charge is -2.11. The number of nitrogens with zero attached hydrogens (tertiary/aromatic N) is 2. The lowest BCUT2D eigenvalue weighted by atomic mass is 10.0. The van der Waals surface area contributed by atoms with Crippen LogP contribution in [0.25, 0.3) is 28.1 Å². The van der Waals surface area contributed by atoms with Gasteiger partial charge >= 0.3 is 5.97 Å². The van der Waals surface area contributed by atoms with Gasteiger partial charge in [-0.1, -0.05) is 18.2 Å². The van der Waals surface area contributed by atoms with Crippen molar-refractivity contribution in [1.29, 1.82) is 0 Å². The summed E-state index contributed by atoms with van der Waals surface area (Å²) in [6.07, 6.45) is 0. The normalized spacial score (nSPS) is 10.6. The Labute approximate surface area is 247 Å². The Morgan fingerprint density at radius 2 is 1.42 bits per heavy atom. The number of methoxy groups -OCH3 is 3. The number of halogens is 1. The molecule has 0 spiro atoms.